The monoisotopic (exact) mass is 306 g/mol. The van der Waals surface area contributed by atoms with Gasteiger partial charge in [0.1, 0.15) is 5.76 Å². The van der Waals surface area contributed by atoms with Gasteiger partial charge < -0.3 is 15.1 Å². The summed E-state index contributed by atoms with van der Waals surface area (Å²) >= 11 is 7.09. The van der Waals surface area contributed by atoms with Crippen LogP contribution in [0.15, 0.2) is 47.1 Å². The number of furan rings is 1. The first kappa shape index (κ1) is 14.9. The summed E-state index contributed by atoms with van der Waals surface area (Å²) < 4.78 is 5.27. The number of thiocarbonyl (C=S) groups is 1. The van der Waals surface area contributed by atoms with Crippen molar-refractivity contribution in [3.63, 3.8) is 0 Å². The molecule has 1 heterocycles. The van der Waals surface area contributed by atoms with Crippen LogP contribution in [0.4, 0.5) is 5.69 Å². The second-order valence-electron chi connectivity index (χ2n) is 4.33. The lowest BCUT2D eigenvalue weighted by molar-refractivity contribution is 0.530. The van der Waals surface area contributed by atoms with E-state index in [-0.39, 0.29) is 0 Å². The summed E-state index contributed by atoms with van der Waals surface area (Å²) in [7, 11) is 0. The molecule has 0 aliphatic heterocycles. The number of anilines is 1. The fourth-order valence-corrected chi connectivity index (χ4v) is 2.65. The molecule has 1 aromatic carbocycles. The van der Waals surface area contributed by atoms with Gasteiger partial charge in [-0.3, -0.25) is 0 Å². The molecule has 0 fully saturated rings. The van der Waals surface area contributed by atoms with Gasteiger partial charge in [-0.1, -0.05) is 18.2 Å². The van der Waals surface area contributed by atoms with Gasteiger partial charge in [-0.05, 0) is 42.9 Å². The number of benzene rings is 1. The Morgan fingerprint density at radius 1 is 1.25 bits per heavy atom. The number of hydrogen-bond acceptors (Lipinski definition) is 3. The lowest BCUT2D eigenvalue weighted by atomic mass is 10.2. The van der Waals surface area contributed by atoms with Crippen molar-refractivity contribution in [2.75, 3.05) is 17.6 Å². The predicted octanol–water partition coefficient (Wildman–Crippen LogP) is 3.81. The third-order valence-electron chi connectivity index (χ3n) is 2.75. The van der Waals surface area contributed by atoms with E-state index >= 15 is 0 Å². The Balaban J connectivity index is 1.62. The van der Waals surface area contributed by atoms with Gasteiger partial charge in [0, 0.05) is 18.0 Å². The van der Waals surface area contributed by atoms with Gasteiger partial charge in [-0.15, -0.1) is 0 Å². The van der Waals surface area contributed by atoms with E-state index < -0.39 is 0 Å². The van der Waals surface area contributed by atoms with Crippen molar-refractivity contribution in [1.82, 2.24) is 5.32 Å². The van der Waals surface area contributed by atoms with E-state index in [1.165, 1.54) is 5.56 Å². The topological polar surface area (TPSA) is 37.2 Å². The van der Waals surface area contributed by atoms with Gasteiger partial charge in [0.05, 0.1) is 12.0 Å². The smallest absolute Gasteiger partial charge is 0.170 e. The van der Waals surface area contributed by atoms with Gasteiger partial charge in [-0.2, -0.15) is 11.8 Å². The Hall–Kier alpha value is -1.46. The number of thioether (sulfide) groups is 1. The molecule has 20 heavy (non-hydrogen) atoms. The molecule has 0 spiro atoms. The third-order valence-corrected chi connectivity index (χ3v) is 3.98. The van der Waals surface area contributed by atoms with Crippen LogP contribution in [-0.4, -0.2) is 17.4 Å². The average Bonchev–Trinajstić information content (AvgIpc) is 2.94. The zero-order valence-corrected chi connectivity index (χ0v) is 13.0. The first-order valence-corrected chi connectivity index (χ1v) is 8.02. The van der Waals surface area contributed by atoms with E-state index in [2.05, 4.69) is 23.6 Å². The summed E-state index contributed by atoms with van der Waals surface area (Å²) in [5.74, 6) is 2.89. The Morgan fingerprint density at radius 3 is 2.85 bits per heavy atom. The molecule has 0 amide bonds. The zero-order valence-electron chi connectivity index (χ0n) is 11.4. The van der Waals surface area contributed by atoms with Crippen molar-refractivity contribution < 1.29 is 4.42 Å². The summed E-state index contributed by atoms with van der Waals surface area (Å²) in [5.41, 5.74) is 2.23. The predicted molar refractivity (Wildman–Crippen MR) is 90.3 cm³/mol. The van der Waals surface area contributed by atoms with E-state index in [1.807, 2.05) is 42.1 Å². The minimum atomic E-state index is 0.665. The first-order chi connectivity index (χ1) is 9.75. The van der Waals surface area contributed by atoms with E-state index in [0.29, 0.717) is 5.11 Å². The highest BCUT2D eigenvalue weighted by atomic mass is 32.2. The molecule has 3 nitrogen and oxygen atoms in total. The average molecular weight is 306 g/mol. The maximum absolute atomic E-state index is 5.27. The van der Waals surface area contributed by atoms with Crippen LogP contribution in [0.1, 0.15) is 11.3 Å². The Labute approximate surface area is 129 Å². The molecular formula is C15H18N2OS2. The molecular weight excluding hydrogens is 288 g/mol. The summed E-state index contributed by atoms with van der Waals surface area (Å²) in [5, 5.41) is 7.08. The van der Waals surface area contributed by atoms with E-state index in [1.54, 1.807) is 6.26 Å². The van der Waals surface area contributed by atoms with Crippen molar-refractivity contribution >= 4 is 34.8 Å². The Morgan fingerprint density at radius 2 is 2.10 bits per heavy atom. The molecule has 0 saturated carbocycles. The van der Waals surface area contributed by atoms with Crippen LogP contribution in [0, 0.1) is 6.92 Å². The van der Waals surface area contributed by atoms with Crippen LogP contribution in [0.2, 0.25) is 0 Å². The molecule has 5 heteroatoms. The SMILES string of the molecule is Cc1ccccc1NC(=S)NCCSCc1ccco1. The van der Waals surface area contributed by atoms with Crippen molar-refractivity contribution in [1.29, 1.82) is 0 Å². The van der Waals surface area contributed by atoms with Crippen molar-refractivity contribution in [2.24, 2.45) is 0 Å². The molecule has 2 rings (SSSR count). The highest BCUT2D eigenvalue weighted by Gasteiger charge is 2.00. The fourth-order valence-electron chi connectivity index (χ4n) is 1.68. The maximum atomic E-state index is 5.27. The standard InChI is InChI=1S/C15H18N2OS2/c1-12-5-2-3-7-14(12)17-15(19)16-8-10-20-11-13-6-4-9-18-13/h2-7,9H,8,10-11H2,1H3,(H2,16,17,19). The van der Waals surface area contributed by atoms with Crippen molar-refractivity contribution in [3.8, 4) is 0 Å². The molecule has 2 aromatic rings. The molecule has 0 saturated heterocycles. The fraction of sp³-hybridized carbons (Fsp3) is 0.267. The molecule has 0 atom stereocenters. The van der Waals surface area contributed by atoms with E-state index in [0.717, 1.165) is 29.5 Å². The van der Waals surface area contributed by atoms with Crippen LogP contribution >= 0.6 is 24.0 Å². The van der Waals surface area contributed by atoms with Crippen molar-refractivity contribution in [2.45, 2.75) is 12.7 Å². The van der Waals surface area contributed by atoms with E-state index in [4.69, 9.17) is 16.6 Å². The number of nitrogens with one attached hydrogen (secondary N) is 2. The van der Waals surface area contributed by atoms with Gasteiger partial charge in [0.2, 0.25) is 0 Å². The lowest BCUT2D eigenvalue weighted by Crippen LogP contribution is -2.30. The zero-order chi connectivity index (χ0) is 14.2. The molecule has 106 valence electrons. The minimum Gasteiger partial charge on any atom is -0.468 e. The molecule has 2 N–H and O–H groups in total. The Kier molecular flexibility index (Phi) is 5.95. The van der Waals surface area contributed by atoms with Gasteiger partial charge in [0.15, 0.2) is 5.11 Å². The van der Waals surface area contributed by atoms with Crippen LogP contribution in [-0.2, 0) is 5.75 Å². The number of para-hydroxylation sites is 1. The number of rotatable bonds is 6. The molecule has 0 aliphatic carbocycles. The van der Waals surface area contributed by atoms with E-state index in [9.17, 15) is 0 Å². The molecule has 0 aliphatic rings. The maximum Gasteiger partial charge on any atom is 0.170 e. The number of aryl methyl sites for hydroxylation is 1. The summed E-state index contributed by atoms with van der Waals surface area (Å²) in [6.45, 7) is 2.90. The first-order valence-electron chi connectivity index (χ1n) is 6.46. The second kappa shape index (κ2) is 7.97. The van der Waals surface area contributed by atoms with Gasteiger partial charge in [0.25, 0.3) is 0 Å². The molecule has 1 aromatic heterocycles. The summed E-state index contributed by atoms with van der Waals surface area (Å²) in [6.07, 6.45) is 1.70. The second-order valence-corrected chi connectivity index (χ2v) is 5.84. The van der Waals surface area contributed by atoms with Gasteiger partial charge >= 0.3 is 0 Å². The lowest BCUT2D eigenvalue weighted by Gasteiger charge is -2.12. The minimum absolute atomic E-state index is 0.665. The van der Waals surface area contributed by atoms with Crippen LogP contribution in [0.25, 0.3) is 0 Å². The number of hydrogen-bond donors (Lipinski definition) is 2. The van der Waals surface area contributed by atoms with Crippen LogP contribution in [0.5, 0.6) is 0 Å². The van der Waals surface area contributed by atoms with Crippen molar-refractivity contribution in [3.05, 3.63) is 54.0 Å². The highest BCUT2D eigenvalue weighted by molar-refractivity contribution is 7.98. The molecule has 0 unspecified atom stereocenters. The normalized spacial score (nSPS) is 10.2. The van der Waals surface area contributed by atoms with Crippen LogP contribution in [0.3, 0.4) is 0 Å². The third kappa shape index (κ3) is 4.90. The molecule has 0 bridgehead atoms. The van der Waals surface area contributed by atoms with Gasteiger partial charge in [-0.25, -0.2) is 0 Å². The molecule has 0 radical (unpaired) electrons. The summed E-state index contributed by atoms with van der Waals surface area (Å²) in [4.78, 5) is 0. The van der Waals surface area contributed by atoms with Crippen LogP contribution < -0.4 is 10.6 Å². The summed E-state index contributed by atoms with van der Waals surface area (Å²) in [6, 6.07) is 12.0. The highest BCUT2D eigenvalue weighted by Crippen LogP contribution is 2.13. The quantitative estimate of drug-likeness (QED) is 0.627. The Bertz CT molecular complexity index is 541. The largest absolute Gasteiger partial charge is 0.468 e.